The number of anilines is 2. The Balaban J connectivity index is 1.22. The van der Waals surface area contributed by atoms with Gasteiger partial charge < -0.3 is 24.6 Å². The Morgan fingerprint density at radius 3 is 2.42 bits per heavy atom. The van der Waals surface area contributed by atoms with Gasteiger partial charge in [0.2, 0.25) is 5.91 Å². The van der Waals surface area contributed by atoms with E-state index in [1.807, 2.05) is 62.5 Å². The van der Waals surface area contributed by atoms with E-state index in [-0.39, 0.29) is 18.4 Å². The summed E-state index contributed by atoms with van der Waals surface area (Å²) in [4.78, 5) is 25.1. The van der Waals surface area contributed by atoms with Crippen molar-refractivity contribution in [2.24, 2.45) is 5.92 Å². The van der Waals surface area contributed by atoms with Gasteiger partial charge in [0.25, 0.3) is 0 Å². The second-order valence-corrected chi connectivity index (χ2v) is 13.3. The number of carbonyl (C=O) groups excluding carboxylic acids is 1. The molecule has 45 heavy (non-hydrogen) atoms. The fraction of sp³-hybridized carbons (Fsp3) is 0.486. The standard InChI is InChI=1S/C35H43ClN5O4/c1-23(2)45-32-19-30-26(17-31(32)44-4)18-34(42)41(35(30)25-7-9-27(36)10-8-25)33-14-13-29(20-37-33)38(3)21-24-5-11-28(12-6-24)39-15-16-40(43)22-39/h7-10,13-14,17,19-20,23-24,28,35H,5-6,11-12,15-16,18,21-22H2,1-4H3/q-1/t24?,28?,35-/m0/s1. The maximum Gasteiger partial charge on any atom is 0.233 e. The lowest BCUT2D eigenvalue weighted by Gasteiger charge is -2.38. The molecule has 1 atom stereocenters. The molecule has 3 aromatic rings. The molecule has 1 saturated heterocycles. The molecule has 0 bridgehead atoms. The summed E-state index contributed by atoms with van der Waals surface area (Å²) < 4.78 is 11.8. The van der Waals surface area contributed by atoms with Crippen LogP contribution in [0.5, 0.6) is 11.5 Å². The van der Waals surface area contributed by atoms with Crippen LogP contribution in [0.25, 0.3) is 0 Å². The molecule has 0 radical (unpaired) electrons. The molecule has 1 aliphatic carbocycles. The Morgan fingerprint density at radius 1 is 1.04 bits per heavy atom. The molecule has 9 nitrogen and oxygen atoms in total. The highest BCUT2D eigenvalue weighted by molar-refractivity contribution is 6.30. The summed E-state index contributed by atoms with van der Waals surface area (Å²) in [6.45, 7) is 6.99. The zero-order valence-corrected chi connectivity index (χ0v) is 27.4. The number of pyridine rings is 1. The fourth-order valence-corrected chi connectivity index (χ4v) is 7.24. The summed E-state index contributed by atoms with van der Waals surface area (Å²) in [6, 6.07) is 15.7. The van der Waals surface area contributed by atoms with Crippen molar-refractivity contribution in [3.63, 3.8) is 0 Å². The first-order valence-corrected chi connectivity index (χ1v) is 16.4. The summed E-state index contributed by atoms with van der Waals surface area (Å²) in [7, 11) is 3.73. The largest absolute Gasteiger partial charge is 0.784 e. The van der Waals surface area contributed by atoms with Crippen LogP contribution >= 0.6 is 11.6 Å². The number of halogens is 1. The van der Waals surface area contributed by atoms with Gasteiger partial charge >= 0.3 is 0 Å². The third kappa shape index (κ3) is 6.92. The second-order valence-electron chi connectivity index (χ2n) is 12.9. The molecule has 1 saturated carbocycles. The second kappa shape index (κ2) is 13.5. The minimum absolute atomic E-state index is 0.0366. The predicted octanol–water partition coefficient (Wildman–Crippen LogP) is 6.28. The first-order valence-electron chi connectivity index (χ1n) is 16.0. The summed E-state index contributed by atoms with van der Waals surface area (Å²) >= 11 is 6.26. The van der Waals surface area contributed by atoms with Gasteiger partial charge in [0.1, 0.15) is 5.82 Å². The Labute approximate surface area is 271 Å². The molecule has 0 spiro atoms. The van der Waals surface area contributed by atoms with Crippen molar-refractivity contribution >= 4 is 29.0 Å². The maximum absolute atomic E-state index is 13.8. The van der Waals surface area contributed by atoms with Gasteiger partial charge in [-0.05, 0) is 105 Å². The van der Waals surface area contributed by atoms with E-state index in [1.165, 1.54) is 5.06 Å². The van der Waals surface area contributed by atoms with Gasteiger partial charge in [0.15, 0.2) is 11.5 Å². The van der Waals surface area contributed by atoms with E-state index < -0.39 is 6.04 Å². The predicted molar refractivity (Wildman–Crippen MR) is 178 cm³/mol. The average Bonchev–Trinajstić information content (AvgIpc) is 3.47. The molecule has 2 aliphatic heterocycles. The molecule has 2 aromatic carbocycles. The summed E-state index contributed by atoms with van der Waals surface area (Å²) in [6.07, 6.45) is 6.67. The maximum atomic E-state index is 13.8. The third-order valence-corrected chi connectivity index (χ3v) is 9.65. The number of amides is 1. The average molecular weight is 633 g/mol. The molecule has 0 unspecified atom stereocenters. The molecular weight excluding hydrogens is 590 g/mol. The van der Waals surface area contributed by atoms with Crippen molar-refractivity contribution < 1.29 is 14.3 Å². The number of carbonyl (C=O) groups is 1. The molecule has 0 N–H and O–H groups in total. The van der Waals surface area contributed by atoms with Crippen LogP contribution in [-0.2, 0) is 11.2 Å². The number of ether oxygens (including phenoxy) is 2. The monoisotopic (exact) mass is 632 g/mol. The van der Waals surface area contributed by atoms with Crippen LogP contribution in [0, 0.1) is 11.1 Å². The van der Waals surface area contributed by atoms with Crippen molar-refractivity contribution in [3.05, 3.63) is 81.6 Å². The molecule has 10 heteroatoms. The van der Waals surface area contributed by atoms with Crippen molar-refractivity contribution in [2.75, 3.05) is 50.3 Å². The lowest BCUT2D eigenvalue weighted by molar-refractivity contribution is -0.118. The molecule has 240 valence electrons. The number of benzene rings is 2. The molecule has 2 fully saturated rings. The van der Waals surface area contributed by atoms with Crippen LogP contribution in [0.15, 0.2) is 54.7 Å². The van der Waals surface area contributed by atoms with E-state index >= 15 is 0 Å². The topological polar surface area (TPSA) is 84.4 Å². The molecule has 3 heterocycles. The molecule has 1 aromatic heterocycles. The minimum atomic E-state index is -0.408. The van der Waals surface area contributed by atoms with Crippen molar-refractivity contribution in [3.8, 4) is 11.5 Å². The van der Waals surface area contributed by atoms with Gasteiger partial charge in [-0.2, -0.15) is 0 Å². The van der Waals surface area contributed by atoms with Crippen LogP contribution in [0.4, 0.5) is 11.5 Å². The molecular formula is C35H43ClN5O4-. The molecule has 6 rings (SSSR count). The van der Waals surface area contributed by atoms with E-state index in [1.54, 1.807) is 12.0 Å². The van der Waals surface area contributed by atoms with Gasteiger partial charge in [0, 0.05) is 37.9 Å². The fourth-order valence-electron chi connectivity index (χ4n) is 7.11. The highest BCUT2D eigenvalue weighted by Crippen LogP contribution is 2.43. The number of hydrogen-bond acceptors (Lipinski definition) is 8. The first kappa shape index (κ1) is 31.6. The Hall–Kier alpha value is -3.37. The lowest BCUT2D eigenvalue weighted by Crippen LogP contribution is -2.41. The summed E-state index contributed by atoms with van der Waals surface area (Å²) in [5.41, 5.74) is 3.84. The number of methoxy groups -OCH3 is 1. The number of hydroxylamine groups is 2. The van der Waals surface area contributed by atoms with E-state index in [9.17, 15) is 10.0 Å². The van der Waals surface area contributed by atoms with Crippen molar-refractivity contribution in [1.29, 1.82) is 0 Å². The van der Waals surface area contributed by atoms with Crippen LogP contribution in [0.1, 0.15) is 62.3 Å². The Morgan fingerprint density at radius 2 is 1.80 bits per heavy atom. The van der Waals surface area contributed by atoms with E-state index in [0.29, 0.717) is 47.5 Å². The zero-order valence-electron chi connectivity index (χ0n) is 26.6. The van der Waals surface area contributed by atoms with Gasteiger partial charge in [-0.1, -0.05) is 23.7 Å². The zero-order chi connectivity index (χ0) is 31.7. The number of aromatic nitrogens is 1. The van der Waals surface area contributed by atoms with Crippen LogP contribution in [0.2, 0.25) is 5.02 Å². The first-order chi connectivity index (χ1) is 21.7. The smallest absolute Gasteiger partial charge is 0.233 e. The van der Waals surface area contributed by atoms with Gasteiger partial charge in [0.05, 0.1) is 37.6 Å². The van der Waals surface area contributed by atoms with E-state index in [0.717, 1.165) is 61.2 Å². The van der Waals surface area contributed by atoms with E-state index in [4.69, 9.17) is 26.1 Å². The molecule has 1 amide bonds. The quantitative estimate of drug-likeness (QED) is 0.273. The SMILES string of the molecule is COc1cc2c(cc1OC(C)C)[C@H](c1ccc(Cl)cc1)N(c1ccc(N(C)CC3CCC(N4CCN([O-])C4)CC3)cn1)C(=O)C2. The lowest BCUT2D eigenvalue weighted by atomic mass is 9.85. The number of hydrogen-bond donors (Lipinski definition) is 0. The molecule has 3 aliphatic rings. The van der Waals surface area contributed by atoms with Crippen LogP contribution < -0.4 is 19.3 Å². The van der Waals surface area contributed by atoms with Gasteiger partial charge in [-0.25, -0.2) is 4.98 Å². The van der Waals surface area contributed by atoms with Crippen LogP contribution in [-0.4, -0.2) is 73.5 Å². The highest BCUT2D eigenvalue weighted by Gasteiger charge is 2.37. The Bertz CT molecular complexity index is 1480. The Kier molecular flexibility index (Phi) is 9.52. The minimum Gasteiger partial charge on any atom is -0.784 e. The van der Waals surface area contributed by atoms with Crippen LogP contribution in [0.3, 0.4) is 0 Å². The normalized spacial score (nSPS) is 22.5. The summed E-state index contributed by atoms with van der Waals surface area (Å²) in [5.74, 6) is 2.42. The van der Waals surface area contributed by atoms with Gasteiger partial charge in [-0.3, -0.25) is 14.6 Å². The van der Waals surface area contributed by atoms with Crippen molar-refractivity contribution in [1.82, 2.24) is 14.9 Å². The number of fused-ring (bicyclic) bond motifs is 1. The summed E-state index contributed by atoms with van der Waals surface area (Å²) in [5, 5.41) is 13.5. The highest BCUT2D eigenvalue weighted by atomic mass is 35.5. The number of nitrogens with zero attached hydrogens (tertiary/aromatic N) is 5. The third-order valence-electron chi connectivity index (χ3n) is 9.40. The number of rotatable bonds is 9. The van der Waals surface area contributed by atoms with E-state index in [2.05, 4.69) is 22.9 Å². The van der Waals surface area contributed by atoms with Crippen molar-refractivity contribution in [2.45, 2.75) is 64.1 Å². The van der Waals surface area contributed by atoms with Gasteiger partial charge in [-0.15, -0.1) is 0 Å².